The molecule has 0 bridgehead atoms. The maximum absolute atomic E-state index is 13.0. The van der Waals surface area contributed by atoms with Crippen molar-refractivity contribution < 1.29 is 14.4 Å². The molecule has 1 aromatic rings. The average Bonchev–Trinajstić information content (AvgIpc) is 2.66. The quantitative estimate of drug-likeness (QED) is 0.766. The molecule has 2 rings (SSSR count). The van der Waals surface area contributed by atoms with E-state index in [4.69, 9.17) is 0 Å². The third kappa shape index (κ3) is 5.79. The topological polar surface area (TPSA) is 81.8 Å². The summed E-state index contributed by atoms with van der Waals surface area (Å²) in [6.45, 7) is 8.58. The smallest absolute Gasteiger partial charge is 0.251 e. The van der Waals surface area contributed by atoms with Gasteiger partial charge in [0.05, 0.1) is 6.54 Å². The van der Waals surface area contributed by atoms with E-state index in [0.717, 1.165) is 5.56 Å². The van der Waals surface area contributed by atoms with Gasteiger partial charge in [-0.2, -0.15) is 0 Å². The van der Waals surface area contributed by atoms with Crippen LogP contribution in [0.15, 0.2) is 24.3 Å². The number of likely N-dealkylation sites (N-methyl/N-ethyl adjacent to an activating group) is 1. The van der Waals surface area contributed by atoms with Gasteiger partial charge < -0.3 is 15.5 Å². The van der Waals surface area contributed by atoms with Crippen molar-refractivity contribution >= 4 is 17.7 Å². The molecule has 7 nitrogen and oxygen atoms in total. The lowest BCUT2D eigenvalue weighted by molar-refractivity contribution is -0.136. The van der Waals surface area contributed by atoms with Crippen molar-refractivity contribution in [3.8, 4) is 0 Å². The van der Waals surface area contributed by atoms with Gasteiger partial charge in [-0.25, -0.2) is 0 Å². The normalized spacial score (nSPS) is 16.1. The Kier molecular flexibility index (Phi) is 7.36. The lowest BCUT2D eigenvalue weighted by Crippen LogP contribution is -2.57. The van der Waals surface area contributed by atoms with E-state index in [2.05, 4.69) is 10.6 Å². The molecule has 3 amide bonds. The summed E-state index contributed by atoms with van der Waals surface area (Å²) in [6, 6.07) is 6.73. The molecule has 1 unspecified atom stereocenters. The zero-order chi connectivity index (χ0) is 20.0. The van der Waals surface area contributed by atoms with Crippen molar-refractivity contribution in [1.82, 2.24) is 20.4 Å². The summed E-state index contributed by atoms with van der Waals surface area (Å²) in [7, 11) is 1.62. The molecule has 1 heterocycles. The highest BCUT2D eigenvalue weighted by atomic mass is 16.2. The number of amides is 3. The van der Waals surface area contributed by atoms with Gasteiger partial charge in [0.25, 0.3) is 5.91 Å². The fraction of sp³-hybridized carbons (Fsp3) is 0.550. The van der Waals surface area contributed by atoms with Crippen LogP contribution < -0.4 is 10.6 Å². The first-order valence-corrected chi connectivity index (χ1v) is 9.41. The molecule has 2 N–H and O–H groups in total. The Morgan fingerprint density at radius 2 is 1.63 bits per heavy atom. The number of rotatable bonds is 6. The average molecular weight is 374 g/mol. The Morgan fingerprint density at radius 1 is 1.04 bits per heavy atom. The monoisotopic (exact) mass is 374 g/mol. The summed E-state index contributed by atoms with van der Waals surface area (Å²) in [5.74, 6) is -0.346. The van der Waals surface area contributed by atoms with Gasteiger partial charge in [-0.05, 0) is 25.0 Å². The van der Waals surface area contributed by atoms with Crippen molar-refractivity contribution in [3.05, 3.63) is 35.4 Å². The molecule has 0 aliphatic carbocycles. The second kappa shape index (κ2) is 9.50. The van der Waals surface area contributed by atoms with E-state index in [1.54, 1.807) is 24.1 Å². The van der Waals surface area contributed by atoms with E-state index >= 15 is 0 Å². The Bertz CT molecular complexity index is 664. The maximum Gasteiger partial charge on any atom is 0.251 e. The first kappa shape index (κ1) is 20.9. The van der Waals surface area contributed by atoms with Gasteiger partial charge in [-0.15, -0.1) is 0 Å². The van der Waals surface area contributed by atoms with Crippen LogP contribution in [0.1, 0.15) is 29.8 Å². The third-order valence-electron chi connectivity index (χ3n) is 4.86. The van der Waals surface area contributed by atoms with Crippen LogP contribution in [0.4, 0.5) is 0 Å². The number of aryl methyl sites for hydroxylation is 1. The van der Waals surface area contributed by atoms with Gasteiger partial charge in [0.1, 0.15) is 6.04 Å². The fourth-order valence-corrected chi connectivity index (χ4v) is 3.05. The second-order valence-electron chi connectivity index (χ2n) is 7.34. The third-order valence-corrected chi connectivity index (χ3v) is 4.86. The van der Waals surface area contributed by atoms with Crippen LogP contribution in [0, 0.1) is 12.8 Å². The Labute approximate surface area is 161 Å². The number of benzene rings is 1. The Balaban J connectivity index is 1.96. The predicted octanol–water partition coefficient (Wildman–Crippen LogP) is 0.640. The number of nitrogens with zero attached hydrogens (tertiary/aromatic N) is 2. The fourth-order valence-electron chi connectivity index (χ4n) is 3.05. The van der Waals surface area contributed by atoms with Crippen LogP contribution in [0.5, 0.6) is 0 Å². The van der Waals surface area contributed by atoms with Crippen molar-refractivity contribution in [3.63, 3.8) is 0 Å². The molecule has 0 radical (unpaired) electrons. The molecule has 27 heavy (non-hydrogen) atoms. The SMILES string of the molecule is CNC(=O)CN1CCN(C(=O)C(NC(=O)c2ccc(C)cc2)C(C)C)CC1. The van der Waals surface area contributed by atoms with E-state index in [9.17, 15) is 14.4 Å². The molecular formula is C20H30N4O3. The molecule has 1 atom stereocenters. The van der Waals surface area contributed by atoms with Crippen molar-refractivity contribution in [1.29, 1.82) is 0 Å². The number of carbonyl (C=O) groups is 3. The Morgan fingerprint density at radius 3 is 2.15 bits per heavy atom. The van der Waals surface area contributed by atoms with Gasteiger partial charge in [0.2, 0.25) is 11.8 Å². The summed E-state index contributed by atoms with van der Waals surface area (Å²) in [4.78, 5) is 40.8. The molecule has 7 heteroatoms. The van der Waals surface area contributed by atoms with Crippen molar-refractivity contribution in [2.45, 2.75) is 26.8 Å². The van der Waals surface area contributed by atoms with Gasteiger partial charge in [-0.1, -0.05) is 31.5 Å². The minimum Gasteiger partial charge on any atom is -0.358 e. The minimum absolute atomic E-state index is 0.0178. The van der Waals surface area contributed by atoms with Gasteiger partial charge >= 0.3 is 0 Å². The number of hydrogen-bond donors (Lipinski definition) is 2. The zero-order valence-electron chi connectivity index (χ0n) is 16.6. The van der Waals surface area contributed by atoms with Crippen LogP contribution in [0.3, 0.4) is 0 Å². The van der Waals surface area contributed by atoms with Gasteiger partial charge in [0, 0.05) is 38.8 Å². The van der Waals surface area contributed by atoms with E-state index in [0.29, 0.717) is 38.3 Å². The maximum atomic E-state index is 13.0. The summed E-state index contributed by atoms with van der Waals surface area (Å²) >= 11 is 0. The molecule has 1 aliphatic rings. The second-order valence-corrected chi connectivity index (χ2v) is 7.34. The number of piperazine rings is 1. The lowest BCUT2D eigenvalue weighted by Gasteiger charge is -2.37. The largest absolute Gasteiger partial charge is 0.358 e. The van der Waals surface area contributed by atoms with Crippen molar-refractivity contribution in [2.75, 3.05) is 39.8 Å². The van der Waals surface area contributed by atoms with E-state index in [1.165, 1.54) is 0 Å². The van der Waals surface area contributed by atoms with Crippen LogP contribution in [0.2, 0.25) is 0 Å². The Hall–Kier alpha value is -2.41. The molecule has 1 fully saturated rings. The first-order chi connectivity index (χ1) is 12.8. The number of hydrogen-bond acceptors (Lipinski definition) is 4. The summed E-state index contributed by atoms with van der Waals surface area (Å²) in [5.41, 5.74) is 1.63. The summed E-state index contributed by atoms with van der Waals surface area (Å²) in [6.07, 6.45) is 0. The molecule has 0 saturated carbocycles. The number of carbonyl (C=O) groups excluding carboxylic acids is 3. The van der Waals surface area contributed by atoms with E-state index in [-0.39, 0.29) is 23.6 Å². The van der Waals surface area contributed by atoms with Crippen LogP contribution in [-0.2, 0) is 9.59 Å². The van der Waals surface area contributed by atoms with E-state index < -0.39 is 6.04 Å². The van der Waals surface area contributed by atoms with Gasteiger partial charge in [-0.3, -0.25) is 19.3 Å². The number of nitrogens with one attached hydrogen (secondary N) is 2. The molecule has 1 saturated heterocycles. The summed E-state index contributed by atoms with van der Waals surface area (Å²) in [5, 5.41) is 5.51. The van der Waals surface area contributed by atoms with Crippen LogP contribution in [-0.4, -0.2) is 73.3 Å². The summed E-state index contributed by atoms with van der Waals surface area (Å²) < 4.78 is 0. The molecule has 1 aliphatic heterocycles. The highest BCUT2D eigenvalue weighted by Gasteiger charge is 2.31. The highest BCUT2D eigenvalue weighted by molar-refractivity contribution is 5.97. The minimum atomic E-state index is -0.565. The molecule has 0 aromatic heterocycles. The first-order valence-electron chi connectivity index (χ1n) is 9.41. The highest BCUT2D eigenvalue weighted by Crippen LogP contribution is 2.11. The lowest BCUT2D eigenvalue weighted by atomic mass is 10.0. The van der Waals surface area contributed by atoms with E-state index in [1.807, 2.05) is 37.8 Å². The molecule has 0 spiro atoms. The zero-order valence-corrected chi connectivity index (χ0v) is 16.6. The standard InChI is InChI=1S/C20H30N4O3/c1-14(2)18(22-19(26)16-7-5-15(3)6-8-16)20(27)24-11-9-23(10-12-24)13-17(25)21-4/h5-8,14,18H,9-13H2,1-4H3,(H,21,25)(H,22,26). The molecular weight excluding hydrogens is 344 g/mol. The van der Waals surface area contributed by atoms with Crippen LogP contribution in [0.25, 0.3) is 0 Å². The van der Waals surface area contributed by atoms with Gasteiger partial charge in [0.15, 0.2) is 0 Å². The molecule has 1 aromatic carbocycles. The predicted molar refractivity (Wildman–Crippen MR) is 104 cm³/mol. The molecule has 148 valence electrons. The van der Waals surface area contributed by atoms with Crippen LogP contribution >= 0.6 is 0 Å². The van der Waals surface area contributed by atoms with Crippen molar-refractivity contribution in [2.24, 2.45) is 5.92 Å².